The zero-order valence-electron chi connectivity index (χ0n) is 12.1. The Morgan fingerprint density at radius 2 is 2.14 bits per heavy atom. The summed E-state index contributed by atoms with van der Waals surface area (Å²) >= 11 is 3.10. The minimum absolute atomic E-state index is 0.220. The summed E-state index contributed by atoms with van der Waals surface area (Å²) in [6.07, 6.45) is 2.35. The Morgan fingerprint density at radius 1 is 1.27 bits per heavy atom. The zero-order chi connectivity index (χ0) is 15.2. The fourth-order valence-electron chi connectivity index (χ4n) is 2.34. The van der Waals surface area contributed by atoms with E-state index >= 15 is 0 Å². The molecule has 0 bridgehead atoms. The SMILES string of the molecule is O=C(CCSc1nncs1)N1CCN(c2ccccn2)CC1. The maximum atomic E-state index is 12.2. The Kier molecular flexibility index (Phi) is 5.23. The molecule has 116 valence electrons. The van der Waals surface area contributed by atoms with E-state index in [1.165, 1.54) is 11.3 Å². The van der Waals surface area contributed by atoms with Crippen LogP contribution >= 0.6 is 23.1 Å². The minimum Gasteiger partial charge on any atom is -0.353 e. The van der Waals surface area contributed by atoms with E-state index in [0.29, 0.717) is 6.42 Å². The van der Waals surface area contributed by atoms with Crippen molar-refractivity contribution in [3.8, 4) is 0 Å². The van der Waals surface area contributed by atoms with Gasteiger partial charge < -0.3 is 9.80 Å². The topological polar surface area (TPSA) is 62.2 Å². The molecule has 1 aliphatic heterocycles. The number of piperazine rings is 1. The van der Waals surface area contributed by atoms with Crippen molar-refractivity contribution in [3.63, 3.8) is 0 Å². The first-order valence-electron chi connectivity index (χ1n) is 7.15. The van der Waals surface area contributed by atoms with Gasteiger partial charge in [0, 0.05) is 44.5 Å². The van der Waals surface area contributed by atoms with Gasteiger partial charge in [-0.1, -0.05) is 29.2 Å². The van der Waals surface area contributed by atoms with Crippen molar-refractivity contribution in [3.05, 3.63) is 29.9 Å². The third-order valence-corrected chi connectivity index (χ3v) is 5.35. The molecule has 2 aromatic heterocycles. The number of rotatable bonds is 5. The van der Waals surface area contributed by atoms with Gasteiger partial charge in [-0.25, -0.2) is 4.98 Å². The molecule has 1 amide bonds. The molecule has 0 radical (unpaired) electrons. The van der Waals surface area contributed by atoms with Crippen molar-refractivity contribution in [2.75, 3.05) is 36.8 Å². The van der Waals surface area contributed by atoms with E-state index in [-0.39, 0.29) is 5.91 Å². The van der Waals surface area contributed by atoms with Gasteiger partial charge in [0.1, 0.15) is 11.3 Å². The van der Waals surface area contributed by atoms with E-state index in [9.17, 15) is 4.79 Å². The number of amides is 1. The molecule has 22 heavy (non-hydrogen) atoms. The highest BCUT2D eigenvalue weighted by molar-refractivity contribution is 8.01. The maximum absolute atomic E-state index is 12.2. The zero-order valence-corrected chi connectivity index (χ0v) is 13.7. The summed E-state index contributed by atoms with van der Waals surface area (Å²) in [6, 6.07) is 5.92. The first kappa shape index (κ1) is 15.2. The number of hydrogen-bond donors (Lipinski definition) is 0. The normalized spacial score (nSPS) is 15.1. The summed E-state index contributed by atoms with van der Waals surface area (Å²) in [5, 5.41) is 7.75. The van der Waals surface area contributed by atoms with Gasteiger partial charge >= 0.3 is 0 Å². The smallest absolute Gasteiger partial charge is 0.223 e. The van der Waals surface area contributed by atoms with Gasteiger partial charge in [0.2, 0.25) is 5.91 Å². The highest BCUT2D eigenvalue weighted by atomic mass is 32.2. The molecular weight excluding hydrogens is 318 g/mol. The van der Waals surface area contributed by atoms with Crippen LogP contribution in [0.4, 0.5) is 5.82 Å². The highest BCUT2D eigenvalue weighted by Crippen LogP contribution is 2.20. The van der Waals surface area contributed by atoms with E-state index < -0.39 is 0 Å². The van der Waals surface area contributed by atoms with Gasteiger partial charge in [-0.3, -0.25) is 4.79 Å². The second-order valence-electron chi connectivity index (χ2n) is 4.86. The van der Waals surface area contributed by atoms with Crippen LogP contribution in [0.15, 0.2) is 34.2 Å². The summed E-state index contributed by atoms with van der Waals surface area (Å²) in [6.45, 7) is 3.20. The fraction of sp³-hybridized carbons (Fsp3) is 0.429. The first-order valence-corrected chi connectivity index (χ1v) is 9.02. The Morgan fingerprint density at radius 3 is 2.82 bits per heavy atom. The lowest BCUT2D eigenvalue weighted by Crippen LogP contribution is -2.49. The van der Waals surface area contributed by atoms with E-state index in [1.807, 2.05) is 23.1 Å². The molecule has 0 atom stereocenters. The van der Waals surface area contributed by atoms with E-state index in [4.69, 9.17) is 0 Å². The van der Waals surface area contributed by atoms with Gasteiger partial charge in [-0.15, -0.1) is 10.2 Å². The molecular formula is C14H17N5OS2. The first-order chi connectivity index (χ1) is 10.8. The molecule has 0 spiro atoms. The molecule has 0 aromatic carbocycles. The number of nitrogens with zero attached hydrogens (tertiary/aromatic N) is 5. The molecule has 8 heteroatoms. The highest BCUT2D eigenvalue weighted by Gasteiger charge is 2.21. The quantitative estimate of drug-likeness (QED) is 0.776. The van der Waals surface area contributed by atoms with Crippen LogP contribution in [0.2, 0.25) is 0 Å². The molecule has 6 nitrogen and oxygen atoms in total. The third kappa shape index (κ3) is 3.95. The average Bonchev–Trinajstić information content (AvgIpc) is 3.09. The van der Waals surface area contributed by atoms with Crippen LogP contribution in [0.3, 0.4) is 0 Å². The maximum Gasteiger partial charge on any atom is 0.223 e. The number of pyridine rings is 1. The summed E-state index contributed by atoms with van der Waals surface area (Å²) in [7, 11) is 0. The molecule has 3 heterocycles. The van der Waals surface area contributed by atoms with E-state index in [1.54, 1.807) is 23.5 Å². The van der Waals surface area contributed by atoms with Gasteiger partial charge in [0.05, 0.1) is 0 Å². The van der Waals surface area contributed by atoms with Crippen molar-refractivity contribution < 1.29 is 4.79 Å². The molecule has 1 saturated heterocycles. The van der Waals surface area contributed by atoms with Gasteiger partial charge in [0.25, 0.3) is 0 Å². The lowest BCUT2D eigenvalue weighted by molar-refractivity contribution is -0.131. The van der Waals surface area contributed by atoms with Crippen LogP contribution in [-0.4, -0.2) is 57.9 Å². The Balaban J connectivity index is 1.42. The Labute approximate surface area is 137 Å². The van der Waals surface area contributed by atoms with Gasteiger partial charge in [-0.05, 0) is 12.1 Å². The molecule has 0 saturated carbocycles. The number of hydrogen-bond acceptors (Lipinski definition) is 7. The van der Waals surface area contributed by atoms with E-state index in [2.05, 4.69) is 20.1 Å². The molecule has 3 rings (SSSR count). The van der Waals surface area contributed by atoms with Gasteiger partial charge in [-0.2, -0.15) is 0 Å². The van der Waals surface area contributed by atoms with Crippen LogP contribution in [0, 0.1) is 0 Å². The van der Waals surface area contributed by atoms with Crippen LogP contribution in [-0.2, 0) is 4.79 Å². The monoisotopic (exact) mass is 335 g/mol. The van der Waals surface area contributed by atoms with Crippen LogP contribution in [0.25, 0.3) is 0 Å². The van der Waals surface area contributed by atoms with Crippen LogP contribution in [0.5, 0.6) is 0 Å². The third-order valence-electron chi connectivity index (χ3n) is 3.49. The summed E-state index contributed by atoms with van der Waals surface area (Å²) in [5.41, 5.74) is 1.71. The van der Waals surface area contributed by atoms with Crippen LogP contribution in [0.1, 0.15) is 6.42 Å². The molecule has 1 aliphatic rings. The van der Waals surface area contributed by atoms with Crippen molar-refractivity contribution in [1.29, 1.82) is 0 Å². The predicted molar refractivity (Wildman–Crippen MR) is 88.3 cm³/mol. The lowest BCUT2D eigenvalue weighted by Gasteiger charge is -2.35. The molecule has 1 fully saturated rings. The molecule has 0 aliphatic carbocycles. The molecule has 0 N–H and O–H groups in total. The number of thioether (sulfide) groups is 1. The average molecular weight is 335 g/mol. The second-order valence-corrected chi connectivity index (χ2v) is 7.03. The number of carbonyl (C=O) groups excluding carboxylic acids is 1. The number of aromatic nitrogens is 3. The molecule has 2 aromatic rings. The second kappa shape index (κ2) is 7.55. The summed E-state index contributed by atoms with van der Waals surface area (Å²) in [5.74, 6) is 1.97. The van der Waals surface area contributed by atoms with Gasteiger partial charge in [0.15, 0.2) is 4.34 Å². The van der Waals surface area contributed by atoms with E-state index in [0.717, 1.165) is 42.1 Å². The predicted octanol–water partition coefficient (Wildman–Crippen LogP) is 1.76. The fourth-order valence-corrected chi connectivity index (χ4v) is 3.82. The Hall–Kier alpha value is -1.67. The van der Waals surface area contributed by atoms with Crippen molar-refractivity contribution in [2.24, 2.45) is 0 Å². The van der Waals surface area contributed by atoms with Crippen molar-refractivity contribution in [2.45, 2.75) is 10.8 Å². The van der Waals surface area contributed by atoms with Crippen molar-refractivity contribution >= 4 is 34.8 Å². The molecule has 0 unspecified atom stereocenters. The standard InChI is InChI=1S/C14H17N5OS2/c20-13(4-10-21-14-17-16-11-22-14)19-8-6-18(7-9-19)12-3-1-2-5-15-12/h1-3,5,11H,4,6-10H2. The summed E-state index contributed by atoms with van der Waals surface area (Å²) in [4.78, 5) is 20.7. The number of carbonyl (C=O) groups is 1. The van der Waals surface area contributed by atoms with Crippen LogP contribution < -0.4 is 4.90 Å². The largest absolute Gasteiger partial charge is 0.353 e. The minimum atomic E-state index is 0.220. The van der Waals surface area contributed by atoms with Crippen molar-refractivity contribution in [1.82, 2.24) is 20.1 Å². The summed E-state index contributed by atoms with van der Waals surface area (Å²) < 4.78 is 0.924. The lowest BCUT2D eigenvalue weighted by atomic mass is 10.3. The Bertz CT molecular complexity index is 585. The number of anilines is 1.